The summed E-state index contributed by atoms with van der Waals surface area (Å²) in [6, 6.07) is 13.4. The summed E-state index contributed by atoms with van der Waals surface area (Å²) < 4.78 is 33.2. The van der Waals surface area contributed by atoms with Crippen molar-refractivity contribution in [2.45, 2.75) is 50.2 Å². The van der Waals surface area contributed by atoms with Gasteiger partial charge in [0.1, 0.15) is 5.75 Å². The summed E-state index contributed by atoms with van der Waals surface area (Å²) in [5.74, 6) is 0.0683. The zero-order chi connectivity index (χ0) is 24.1. The average molecular weight is 492 g/mol. The van der Waals surface area contributed by atoms with Crippen molar-refractivity contribution < 1.29 is 23.1 Å². The van der Waals surface area contributed by atoms with Crippen LogP contribution in [0.4, 0.5) is 11.4 Å². The Morgan fingerprint density at radius 1 is 1.21 bits per heavy atom. The molecule has 1 heterocycles. The molecular formula is C25H33NO5S2. The van der Waals surface area contributed by atoms with Crippen LogP contribution in [0.25, 0.3) is 0 Å². The number of hydrogen-bond donors (Lipinski definition) is 1. The van der Waals surface area contributed by atoms with Crippen LogP contribution >= 0.6 is 11.8 Å². The zero-order valence-electron chi connectivity index (χ0n) is 19.5. The van der Waals surface area contributed by atoms with E-state index in [-0.39, 0.29) is 16.9 Å². The number of thioether (sulfide) groups is 1. The first-order chi connectivity index (χ1) is 15.7. The number of rotatable bonds is 10. The molecule has 0 saturated heterocycles. The molecule has 0 radical (unpaired) electrons. The first-order valence-corrected chi connectivity index (χ1v) is 14.1. The fraction of sp³-hybridized carbons (Fsp3) is 0.480. The van der Waals surface area contributed by atoms with Gasteiger partial charge in [-0.2, -0.15) is 0 Å². The number of benzene rings is 2. The average Bonchev–Trinajstić information content (AvgIpc) is 2.90. The van der Waals surface area contributed by atoms with Crippen molar-refractivity contribution in [2.24, 2.45) is 5.41 Å². The van der Waals surface area contributed by atoms with Gasteiger partial charge in [-0.05, 0) is 31.0 Å². The van der Waals surface area contributed by atoms with Crippen molar-refractivity contribution in [1.82, 2.24) is 0 Å². The van der Waals surface area contributed by atoms with E-state index in [4.69, 9.17) is 9.84 Å². The Morgan fingerprint density at radius 2 is 1.94 bits per heavy atom. The van der Waals surface area contributed by atoms with Crippen molar-refractivity contribution in [1.29, 1.82) is 0 Å². The minimum absolute atomic E-state index is 0.0565. The van der Waals surface area contributed by atoms with Crippen LogP contribution in [0.2, 0.25) is 0 Å². The summed E-state index contributed by atoms with van der Waals surface area (Å²) in [5, 5.41) is 8.99. The summed E-state index contributed by atoms with van der Waals surface area (Å²) in [6.07, 6.45) is 3.60. The van der Waals surface area contributed by atoms with E-state index in [0.717, 1.165) is 31.4 Å². The highest BCUT2D eigenvalue weighted by Crippen LogP contribution is 2.46. The molecule has 180 valence electrons. The number of carboxylic acid groups (broad SMARTS) is 1. The number of para-hydroxylation sites is 1. The van der Waals surface area contributed by atoms with Gasteiger partial charge in [-0.1, -0.05) is 44.9 Å². The molecule has 1 N–H and O–H groups in total. The Hall–Kier alpha value is -2.19. The maximum absolute atomic E-state index is 13.8. The quantitative estimate of drug-likeness (QED) is 0.468. The monoisotopic (exact) mass is 491 g/mol. The predicted octanol–water partition coefficient (Wildman–Crippen LogP) is 5.53. The van der Waals surface area contributed by atoms with Crippen molar-refractivity contribution in [2.75, 3.05) is 30.1 Å². The first kappa shape index (κ1) is 25.4. The van der Waals surface area contributed by atoms with E-state index in [1.807, 2.05) is 36.4 Å². The number of sulfone groups is 1. The van der Waals surface area contributed by atoms with Gasteiger partial charge in [0.25, 0.3) is 0 Å². The van der Waals surface area contributed by atoms with Crippen molar-refractivity contribution >= 4 is 38.9 Å². The van der Waals surface area contributed by atoms with Gasteiger partial charge in [0.15, 0.2) is 9.84 Å². The van der Waals surface area contributed by atoms with Gasteiger partial charge < -0.3 is 14.7 Å². The van der Waals surface area contributed by atoms with Gasteiger partial charge in [-0.15, -0.1) is 11.8 Å². The van der Waals surface area contributed by atoms with E-state index < -0.39 is 15.8 Å². The highest BCUT2D eigenvalue weighted by molar-refractivity contribution is 7.99. The molecule has 0 spiro atoms. The molecule has 1 atom stereocenters. The molecule has 1 aliphatic heterocycles. The van der Waals surface area contributed by atoms with Gasteiger partial charge in [0.2, 0.25) is 0 Å². The lowest BCUT2D eigenvalue weighted by Crippen LogP contribution is -2.37. The second-order valence-electron chi connectivity index (χ2n) is 8.66. The molecule has 8 heteroatoms. The lowest BCUT2D eigenvalue weighted by molar-refractivity contribution is -0.133. The smallest absolute Gasteiger partial charge is 0.313 e. The Morgan fingerprint density at radius 3 is 2.55 bits per heavy atom. The summed E-state index contributed by atoms with van der Waals surface area (Å²) in [6.45, 7) is 4.82. The zero-order valence-corrected chi connectivity index (χ0v) is 21.2. The van der Waals surface area contributed by atoms with E-state index in [9.17, 15) is 13.2 Å². The van der Waals surface area contributed by atoms with Crippen LogP contribution < -0.4 is 9.64 Å². The van der Waals surface area contributed by atoms with Gasteiger partial charge in [-0.25, -0.2) is 8.42 Å². The number of hydrogen-bond acceptors (Lipinski definition) is 6. The maximum atomic E-state index is 13.8. The van der Waals surface area contributed by atoms with Gasteiger partial charge in [-0.3, -0.25) is 4.79 Å². The Bertz CT molecular complexity index is 1070. The molecule has 0 unspecified atom stereocenters. The van der Waals surface area contributed by atoms with E-state index in [0.29, 0.717) is 34.2 Å². The summed E-state index contributed by atoms with van der Waals surface area (Å²) in [5.41, 5.74) is 1.89. The summed E-state index contributed by atoms with van der Waals surface area (Å²) in [4.78, 5) is 13.4. The molecule has 3 rings (SSSR count). The topological polar surface area (TPSA) is 83.9 Å². The number of carbonyl (C=O) groups is 1. The minimum atomic E-state index is -3.58. The second-order valence-corrected chi connectivity index (χ2v) is 11.6. The lowest BCUT2D eigenvalue weighted by atomic mass is 9.81. The van der Waals surface area contributed by atoms with Crippen molar-refractivity contribution in [3.05, 3.63) is 48.0 Å². The molecule has 0 bridgehead atoms. The van der Waals surface area contributed by atoms with Gasteiger partial charge >= 0.3 is 5.97 Å². The lowest BCUT2D eigenvalue weighted by Gasteiger charge is -2.36. The molecule has 6 nitrogen and oxygen atoms in total. The highest BCUT2D eigenvalue weighted by Gasteiger charge is 2.41. The molecule has 2 aromatic carbocycles. The number of ether oxygens (including phenoxy) is 1. The fourth-order valence-corrected chi connectivity index (χ4v) is 7.41. The first-order valence-electron chi connectivity index (χ1n) is 11.3. The Balaban J connectivity index is 2.18. The van der Waals surface area contributed by atoms with Crippen molar-refractivity contribution in [3.63, 3.8) is 0 Å². The largest absolute Gasteiger partial charge is 0.496 e. The van der Waals surface area contributed by atoms with E-state index in [1.165, 1.54) is 11.8 Å². The van der Waals surface area contributed by atoms with Crippen LogP contribution in [-0.2, 0) is 20.4 Å². The van der Waals surface area contributed by atoms with Crippen LogP contribution in [0.1, 0.15) is 45.1 Å². The van der Waals surface area contributed by atoms with E-state index >= 15 is 0 Å². The summed E-state index contributed by atoms with van der Waals surface area (Å²) >= 11 is 1.22. The molecule has 0 fully saturated rings. The van der Waals surface area contributed by atoms with Gasteiger partial charge in [0, 0.05) is 35.0 Å². The van der Waals surface area contributed by atoms with Crippen LogP contribution in [0.15, 0.2) is 47.4 Å². The van der Waals surface area contributed by atoms with Crippen LogP contribution in [0.3, 0.4) is 0 Å². The third kappa shape index (κ3) is 5.84. The normalized spacial score (nSPS) is 19.5. The number of carboxylic acids is 1. The number of fused-ring (bicyclic) bond motifs is 1. The Kier molecular flexibility index (Phi) is 8.34. The SMILES string of the molecule is CCCC[C@@]1(CC)CN(c2ccccc2)c2cc(OC)c(CSCC(=O)O)cc2S(=O)(=O)C1. The number of nitrogens with zero attached hydrogens (tertiary/aromatic N) is 1. The van der Waals surface area contributed by atoms with Crippen molar-refractivity contribution in [3.8, 4) is 5.75 Å². The minimum Gasteiger partial charge on any atom is -0.496 e. The molecule has 0 saturated carbocycles. The number of aliphatic carboxylic acids is 1. The standard InChI is InChI=1S/C25H33NO5S2/c1-4-6-12-25(5-2)17-26(20-10-8-7-9-11-20)21-14-22(31-3)19(15-32-16-24(27)28)13-23(21)33(29,30)18-25/h7-11,13-14H,4-6,12,15-18H2,1-3H3,(H,27,28)/t25-/m0/s1. The summed E-state index contributed by atoms with van der Waals surface area (Å²) in [7, 11) is -2.02. The fourth-order valence-electron chi connectivity index (χ4n) is 4.48. The maximum Gasteiger partial charge on any atom is 0.313 e. The highest BCUT2D eigenvalue weighted by atomic mass is 32.2. The van der Waals surface area contributed by atoms with Crippen LogP contribution in [0, 0.1) is 5.41 Å². The molecule has 0 aliphatic carbocycles. The number of anilines is 2. The van der Waals surface area contributed by atoms with E-state index in [1.54, 1.807) is 13.2 Å². The third-order valence-corrected chi connectivity index (χ3v) is 9.29. The molecule has 0 aromatic heterocycles. The van der Waals surface area contributed by atoms with Gasteiger partial charge in [0.05, 0.1) is 29.2 Å². The Labute approximate surface area is 201 Å². The molecular weight excluding hydrogens is 458 g/mol. The molecule has 2 aromatic rings. The number of methoxy groups -OCH3 is 1. The molecule has 1 aliphatic rings. The van der Waals surface area contributed by atoms with E-state index in [2.05, 4.69) is 18.7 Å². The predicted molar refractivity (Wildman–Crippen MR) is 135 cm³/mol. The second kappa shape index (κ2) is 10.8. The van der Waals surface area contributed by atoms with Crippen LogP contribution in [0.5, 0.6) is 5.75 Å². The molecule has 0 amide bonds. The number of unbranched alkanes of at least 4 members (excludes halogenated alkanes) is 1. The molecule has 33 heavy (non-hydrogen) atoms. The van der Waals surface area contributed by atoms with Crippen LogP contribution in [-0.4, -0.2) is 44.7 Å². The third-order valence-electron chi connectivity index (χ3n) is 6.34.